The SMILES string of the molecule is CCNC(C1CCCCC1)C1CCCC(C(F)(F)F)C1. The monoisotopic (exact) mass is 291 g/mol. The molecule has 2 saturated carbocycles. The summed E-state index contributed by atoms with van der Waals surface area (Å²) in [6.45, 7) is 2.94. The molecular formula is C16H28F3N. The molecule has 118 valence electrons. The van der Waals surface area contributed by atoms with Gasteiger partial charge in [0.15, 0.2) is 0 Å². The molecule has 0 aliphatic heterocycles. The maximum atomic E-state index is 13.0. The Balaban J connectivity index is 2.00. The number of nitrogens with one attached hydrogen (secondary N) is 1. The third-order valence-corrected chi connectivity index (χ3v) is 5.28. The molecule has 0 radical (unpaired) electrons. The second-order valence-corrected chi connectivity index (χ2v) is 6.65. The molecule has 0 aromatic heterocycles. The minimum absolute atomic E-state index is 0.221. The first-order chi connectivity index (χ1) is 9.52. The largest absolute Gasteiger partial charge is 0.391 e. The van der Waals surface area contributed by atoms with Crippen LogP contribution in [0.25, 0.3) is 0 Å². The Morgan fingerprint density at radius 3 is 2.20 bits per heavy atom. The van der Waals surface area contributed by atoms with Gasteiger partial charge in [-0.1, -0.05) is 32.6 Å². The van der Waals surface area contributed by atoms with Gasteiger partial charge in [-0.2, -0.15) is 13.2 Å². The minimum Gasteiger partial charge on any atom is -0.314 e. The van der Waals surface area contributed by atoms with Gasteiger partial charge in [0.2, 0.25) is 0 Å². The molecule has 0 spiro atoms. The van der Waals surface area contributed by atoms with Gasteiger partial charge in [-0.05, 0) is 50.5 Å². The van der Waals surface area contributed by atoms with E-state index in [-0.39, 0.29) is 5.92 Å². The lowest BCUT2D eigenvalue weighted by Gasteiger charge is -2.40. The third-order valence-electron chi connectivity index (χ3n) is 5.28. The highest BCUT2D eigenvalue weighted by Gasteiger charge is 2.44. The Kier molecular flexibility index (Phi) is 5.76. The van der Waals surface area contributed by atoms with Gasteiger partial charge >= 0.3 is 6.18 Å². The van der Waals surface area contributed by atoms with Crippen molar-refractivity contribution in [1.82, 2.24) is 5.32 Å². The van der Waals surface area contributed by atoms with E-state index in [0.29, 0.717) is 24.8 Å². The molecule has 0 aromatic rings. The van der Waals surface area contributed by atoms with Crippen LogP contribution >= 0.6 is 0 Å². The molecular weight excluding hydrogens is 263 g/mol. The summed E-state index contributed by atoms with van der Waals surface area (Å²) in [4.78, 5) is 0. The van der Waals surface area contributed by atoms with Gasteiger partial charge < -0.3 is 5.32 Å². The van der Waals surface area contributed by atoms with Crippen LogP contribution in [0.5, 0.6) is 0 Å². The molecule has 0 heterocycles. The quantitative estimate of drug-likeness (QED) is 0.775. The zero-order chi connectivity index (χ0) is 14.6. The van der Waals surface area contributed by atoms with Crippen LogP contribution in [0.3, 0.4) is 0 Å². The molecule has 2 fully saturated rings. The molecule has 0 bridgehead atoms. The van der Waals surface area contributed by atoms with Crippen molar-refractivity contribution in [2.75, 3.05) is 6.54 Å². The van der Waals surface area contributed by atoms with Gasteiger partial charge in [0.1, 0.15) is 0 Å². The number of halogens is 3. The third kappa shape index (κ3) is 4.12. The molecule has 20 heavy (non-hydrogen) atoms. The molecule has 1 nitrogen and oxygen atoms in total. The fourth-order valence-electron chi connectivity index (χ4n) is 4.30. The van der Waals surface area contributed by atoms with Crippen molar-refractivity contribution in [3.8, 4) is 0 Å². The Labute approximate surface area is 120 Å². The first-order valence-corrected chi connectivity index (χ1v) is 8.32. The Morgan fingerprint density at radius 2 is 1.60 bits per heavy atom. The predicted octanol–water partition coefficient (Wildman–Crippen LogP) is 4.91. The molecule has 0 saturated heterocycles. The summed E-state index contributed by atoms with van der Waals surface area (Å²) in [6, 6.07) is 0.311. The Morgan fingerprint density at radius 1 is 0.950 bits per heavy atom. The van der Waals surface area contributed by atoms with Crippen molar-refractivity contribution in [3.05, 3.63) is 0 Å². The van der Waals surface area contributed by atoms with Gasteiger partial charge in [-0.15, -0.1) is 0 Å². The van der Waals surface area contributed by atoms with E-state index in [9.17, 15) is 13.2 Å². The van der Waals surface area contributed by atoms with Crippen molar-refractivity contribution < 1.29 is 13.2 Å². The molecule has 4 heteroatoms. The second-order valence-electron chi connectivity index (χ2n) is 6.65. The Hall–Kier alpha value is -0.250. The zero-order valence-electron chi connectivity index (χ0n) is 12.5. The summed E-state index contributed by atoms with van der Waals surface area (Å²) in [5, 5.41) is 3.53. The standard InChI is InChI=1S/C16H28F3N/c1-2-20-15(12-7-4-3-5-8-12)13-9-6-10-14(11-13)16(17,18)19/h12-15,20H,2-11H2,1H3. The van der Waals surface area contributed by atoms with Crippen LogP contribution in [-0.4, -0.2) is 18.8 Å². The topological polar surface area (TPSA) is 12.0 Å². The average molecular weight is 291 g/mol. The fraction of sp³-hybridized carbons (Fsp3) is 1.00. The number of alkyl halides is 3. The maximum absolute atomic E-state index is 13.0. The first-order valence-electron chi connectivity index (χ1n) is 8.32. The van der Waals surface area contributed by atoms with E-state index in [1.54, 1.807) is 0 Å². The van der Waals surface area contributed by atoms with E-state index in [1.165, 1.54) is 32.1 Å². The van der Waals surface area contributed by atoms with E-state index in [2.05, 4.69) is 12.2 Å². The minimum atomic E-state index is -4.00. The van der Waals surface area contributed by atoms with E-state index in [4.69, 9.17) is 0 Å². The fourth-order valence-corrected chi connectivity index (χ4v) is 4.30. The molecule has 0 amide bonds. The van der Waals surface area contributed by atoms with E-state index in [0.717, 1.165) is 19.4 Å². The van der Waals surface area contributed by atoms with Crippen LogP contribution in [0.2, 0.25) is 0 Å². The lowest BCUT2D eigenvalue weighted by atomic mass is 9.71. The molecule has 2 aliphatic carbocycles. The summed E-state index contributed by atoms with van der Waals surface area (Å²) >= 11 is 0. The zero-order valence-corrected chi connectivity index (χ0v) is 12.5. The first kappa shape index (κ1) is 16.1. The van der Waals surface area contributed by atoms with Crippen LogP contribution in [0.15, 0.2) is 0 Å². The van der Waals surface area contributed by atoms with Crippen molar-refractivity contribution >= 4 is 0 Å². The second kappa shape index (κ2) is 7.15. The van der Waals surface area contributed by atoms with E-state index >= 15 is 0 Å². The van der Waals surface area contributed by atoms with Crippen molar-refractivity contribution in [2.45, 2.75) is 76.9 Å². The lowest BCUT2D eigenvalue weighted by Crippen LogP contribution is -2.46. The highest BCUT2D eigenvalue weighted by molar-refractivity contribution is 4.89. The smallest absolute Gasteiger partial charge is 0.314 e. The molecule has 3 unspecified atom stereocenters. The van der Waals surface area contributed by atoms with Gasteiger partial charge in [0, 0.05) is 6.04 Å². The van der Waals surface area contributed by atoms with E-state index in [1.807, 2.05) is 0 Å². The van der Waals surface area contributed by atoms with E-state index < -0.39 is 12.1 Å². The van der Waals surface area contributed by atoms with Crippen molar-refractivity contribution in [3.63, 3.8) is 0 Å². The van der Waals surface area contributed by atoms with Gasteiger partial charge in [0.05, 0.1) is 5.92 Å². The number of hydrogen-bond donors (Lipinski definition) is 1. The van der Waals surface area contributed by atoms with Crippen molar-refractivity contribution in [1.29, 1.82) is 0 Å². The maximum Gasteiger partial charge on any atom is 0.391 e. The van der Waals surface area contributed by atoms with Crippen molar-refractivity contribution in [2.24, 2.45) is 17.8 Å². The Bertz CT molecular complexity index is 284. The van der Waals surface area contributed by atoms with Gasteiger partial charge in [0.25, 0.3) is 0 Å². The van der Waals surface area contributed by atoms with Crippen LogP contribution in [0, 0.1) is 17.8 Å². The summed E-state index contributed by atoms with van der Waals surface area (Å²) in [7, 11) is 0. The van der Waals surface area contributed by atoms with Crippen LogP contribution in [0.1, 0.15) is 64.7 Å². The average Bonchev–Trinajstić information content (AvgIpc) is 2.45. The van der Waals surface area contributed by atoms with Crippen LogP contribution in [0.4, 0.5) is 13.2 Å². The molecule has 3 atom stereocenters. The highest BCUT2D eigenvalue weighted by Crippen LogP contribution is 2.43. The summed E-state index contributed by atoms with van der Waals surface area (Å²) in [6.07, 6.45) is 4.60. The normalized spacial score (nSPS) is 31.2. The van der Waals surface area contributed by atoms with Gasteiger partial charge in [-0.3, -0.25) is 0 Å². The summed E-state index contributed by atoms with van der Waals surface area (Å²) < 4.78 is 39.0. The van der Waals surface area contributed by atoms with Crippen LogP contribution < -0.4 is 5.32 Å². The summed E-state index contributed by atoms with van der Waals surface area (Å²) in [5.74, 6) is -0.245. The van der Waals surface area contributed by atoms with Gasteiger partial charge in [-0.25, -0.2) is 0 Å². The van der Waals surface area contributed by atoms with Crippen LogP contribution in [-0.2, 0) is 0 Å². The predicted molar refractivity (Wildman–Crippen MR) is 75.5 cm³/mol. The molecule has 0 aromatic carbocycles. The number of hydrogen-bond acceptors (Lipinski definition) is 1. The molecule has 1 N–H and O–H groups in total. The molecule has 2 aliphatic rings. The molecule has 2 rings (SSSR count). The lowest BCUT2D eigenvalue weighted by molar-refractivity contribution is -0.187. The number of rotatable bonds is 4. The highest BCUT2D eigenvalue weighted by atomic mass is 19.4. The summed E-state index contributed by atoms with van der Waals surface area (Å²) in [5.41, 5.74) is 0.